The first-order valence-corrected chi connectivity index (χ1v) is 12.7. The van der Waals surface area contributed by atoms with E-state index in [2.05, 4.69) is 49.2 Å². The van der Waals surface area contributed by atoms with Crippen molar-refractivity contribution in [3.8, 4) is 11.5 Å². The van der Waals surface area contributed by atoms with Crippen LogP contribution in [0.15, 0.2) is 76.9 Å². The smallest absolute Gasteiger partial charge is 0.329 e. The number of hydrogen-bond acceptors (Lipinski definition) is 5. The maximum atomic E-state index is 12.8. The second-order valence-electron chi connectivity index (χ2n) is 7.73. The van der Waals surface area contributed by atoms with Crippen molar-refractivity contribution >= 4 is 68.1 Å². The van der Waals surface area contributed by atoms with Crippen LogP contribution in [0.5, 0.6) is 11.5 Å². The quantitative estimate of drug-likeness (QED) is 0.197. The van der Waals surface area contributed by atoms with E-state index in [0.717, 1.165) is 18.5 Å². The lowest BCUT2D eigenvalue weighted by molar-refractivity contribution is -0.127. The van der Waals surface area contributed by atoms with Crippen molar-refractivity contribution in [3.05, 3.63) is 91.6 Å². The van der Waals surface area contributed by atoms with Crippen LogP contribution in [0.3, 0.4) is 0 Å². The summed E-state index contributed by atoms with van der Waals surface area (Å²) in [4.78, 5) is 38.5. The molecule has 8 nitrogen and oxygen atoms in total. The lowest BCUT2D eigenvalue weighted by Crippen LogP contribution is -2.38. The van der Waals surface area contributed by atoms with E-state index in [0.29, 0.717) is 29.4 Å². The fourth-order valence-electron chi connectivity index (χ4n) is 3.43. The molecule has 0 aliphatic carbocycles. The Hall–Kier alpha value is -3.38. The number of carbonyl (C=O) groups is 3. The summed E-state index contributed by atoms with van der Waals surface area (Å²) in [5, 5.41) is 5.20. The number of imide groups is 1. The van der Waals surface area contributed by atoms with Crippen molar-refractivity contribution < 1.29 is 23.9 Å². The number of nitrogens with one attached hydrogen (secondary N) is 2. The molecule has 184 valence electrons. The lowest BCUT2D eigenvalue weighted by atomic mass is 10.2. The van der Waals surface area contributed by atoms with Gasteiger partial charge >= 0.3 is 6.03 Å². The van der Waals surface area contributed by atoms with E-state index >= 15 is 0 Å². The molecule has 1 saturated heterocycles. The van der Waals surface area contributed by atoms with Gasteiger partial charge in [0.2, 0.25) is 5.91 Å². The van der Waals surface area contributed by atoms with Crippen LogP contribution in [0.1, 0.15) is 11.1 Å². The van der Waals surface area contributed by atoms with Crippen molar-refractivity contribution in [2.45, 2.75) is 6.61 Å². The molecule has 4 rings (SSSR count). The van der Waals surface area contributed by atoms with Gasteiger partial charge in [-0.05, 0) is 76.2 Å². The Kier molecular flexibility index (Phi) is 8.26. The number of methoxy groups -OCH3 is 1. The number of para-hydroxylation sites is 2. The van der Waals surface area contributed by atoms with Gasteiger partial charge < -0.3 is 20.1 Å². The Balaban J connectivity index is 1.40. The number of urea groups is 1. The van der Waals surface area contributed by atoms with Gasteiger partial charge in [-0.2, -0.15) is 0 Å². The van der Waals surface area contributed by atoms with Gasteiger partial charge in [0.1, 0.15) is 30.3 Å². The number of hydrogen-bond donors (Lipinski definition) is 2. The number of halogens is 2. The van der Waals surface area contributed by atoms with Crippen LogP contribution in [0.25, 0.3) is 6.08 Å². The molecule has 36 heavy (non-hydrogen) atoms. The Morgan fingerprint density at radius 1 is 1.08 bits per heavy atom. The molecule has 1 fully saturated rings. The van der Waals surface area contributed by atoms with Crippen molar-refractivity contribution in [1.29, 1.82) is 0 Å². The Labute approximate surface area is 229 Å². The van der Waals surface area contributed by atoms with Crippen LogP contribution < -0.4 is 20.1 Å². The highest BCUT2D eigenvalue weighted by Crippen LogP contribution is 2.26. The van der Waals surface area contributed by atoms with Crippen LogP contribution in [-0.2, 0) is 16.2 Å². The molecule has 0 spiro atoms. The Bertz CT molecular complexity index is 1340. The van der Waals surface area contributed by atoms with Crippen molar-refractivity contribution in [2.75, 3.05) is 19.0 Å². The van der Waals surface area contributed by atoms with Crippen LogP contribution in [0.4, 0.5) is 10.5 Å². The minimum Gasteiger partial charge on any atom is -0.495 e. The molecule has 3 aromatic carbocycles. The van der Waals surface area contributed by atoms with Crippen LogP contribution in [0.2, 0.25) is 0 Å². The van der Waals surface area contributed by atoms with E-state index in [4.69, 9.17) is 9.47 Å². The maximum Gasteiger partial charge on any atom is 0.329 e. The molecule has 1 heterocycles. The average Bonchev–Trinajstić information content (AvgIpc) is 3.12. The third-order valence-corrected chi connectivity index (χ3v) is 6.59. The highest BCUT2D eigenvalue weighted by atomic mass is 127. The summed E-state index contributed by atoms with van der Waals surface area (Å²) in [7, 11) is 1.49. The number of ether oxygens (including phenoxy) is 2. The third kappa shape index (κ3) is 6.24. The average molecular weight is 662 g/mol. The lowest BCUT2D eigenvalue weighted by Gasteiger charge is -2.13. The number of anilines is 1. The zero-order valence-electron chi connectivity index (χ0n) is 19.1. The molecule has 3 aromatic rings. The topological polar surface area (TPSA) is 97.0 Å². The summed E-state index contributed by atoms with van der Waals surface area (Å²) < 4.78 is 13.0. The summed E-state index contributed by atoms with van der Waals surface area (Å²) in [6.45, 7) is -0.00936. The van der Waals surface area contributed by atoms with Gasteiger partial charge in [-0.25, -0.2) is 9.69 Å². The first-order chi connectivity index (χ1) is 17.3. The number of benzene rings is 3. The first-order valence-electron chi connectivity index (χ1n) is 10.8. The molecule has 0 unspecified atom stereocenters. The predicted molar refractivity (Wildman–Crippen MR) is 147 cm³/mol. The molecule has 0 atom stereocenters. The molecule has 0 aromatic heterocycles. The second-order valence-corrected chi connectivity index (χ2v) is 9.81. The molecule has 0 bridgehead atoms. The third-order valence-electron chi connectivity index (χ3n) is 5.22. The summed E-state index contributed by atoms with van der Waals surface area (Å²) in [6, 6.07) is 19.5. The highest BCUT2D eigenvalue weighted by Gasteiger charge is 2.35. The van der Waals surface area contributed by atoms with Gasteiger partial charge in [0.15, 0.2) is 0 Å². The van der Waals surface area contributed by atoms with Crippen LogP contribution >= 0.6 is 38.5 Å². The van der Waals surface area contributed by atoms with Gasteiger partial charge in [0.05, 0.1) is 16.4 Å². The molecule has 0 saturated carbocycles. The fraction of sp³-hybridized carbons (Fsp3) is 0.115. The van der Waals surface area contributed by atoms with Crippen molar-refractivity contribution in [1.82, 2.24) is 10.2 Å². The summed E-state index contributed by atoms with van der Waals surface area (Å²) in [5.74, 6) is 0.0754. The van der Waals surface area contributed by atoms with Crippen molar-refractivity contribution in [2.24, 2.45) is 0 Å². The summed E-state index contributed by atoms with van der Waals surface area (Å²) >= 11 is 5.57. The second kappa shape index (κ2) is 11.6. The molecular formula is C26H21BrIN3O5. The predicted octanol–water partition coefficient (Wildman–Crippen LogP) is 5.17. The standard InChI is InChI=1S/C26H21BrIN3O5/c1-35-23-5-3-2-4-20(23)29-24(32)14-31-25(33)21(30-26(31)34)13-17-8-11-22(19(28)12-17)36-15-16-6-9-18(27)10-7-16/h2-13H,14-15H2,1H3,(H,29,32)(H,30,34)/b21-13+. The van der Waals surface area contributed by atoms with E-state index in [9.17, 15) is 14.4 Å². The SMILES string of the molecule is COc1ccccc1NC(=O)CN1C(=O)N/C(=C/c2ccc(OCc3ccc(Br)cc3)c(I)c2)C1=O. The summed E-state index contributed by atoms with van der Waals surface area (Å²) in [5.41, 5.74) is 2.28. The number of amides is 4. The van der Waals surface area contributed by atoms with Gasteiger partial charge in [-0.15, -0.1) is 0 Å². The van der Waals surface area contributed by atoms with Gasteiger partial charge in [0, 0.05) is 4.47 Å². The van der Waals surface area contributed by atoms with Crippen LogP contribution in [0, 0.1) is 3.57 Å². The molecule has 4 amide bonds. The normalized spacial score (nSPS) is 14.1. The molecule has 10 heteroatoms. The molecular weight excluding hydrogens is 641 g/mol. The van der Waals surface area contributed by atoms with E-state index in [1.165, 1.54) is 7.11 Å². The maximum absolute atomic E-state index is 12.8. The first kappa shape index (κ1) is 25.7. The Morgan fingerprint density at radius 3 is 2.56 bits per heavy atom. The zero-order valence-corrected chi connectivity index (χ0v) is 22.8. The number of carbonyl (C=O) groups excluding carboxylic acids is 3. The van der Waals surface area contributed by atoms with Gasteiger partial charge in [-0.3, -0.25) is 9.59 Å². The van der Waals surface area contributed by atoms with Crippen molar-refractivity contribution in [3.63, 3.8) is 0 Å². The van der Waals surface area contributed by atoms with E-state index in [1.807, 2.05) is 36.4 Å². The zero-order chi connectivity index (χ0) is 25.7. The minimum absolute atomic E-state index is 0.0874. The Morgan fingerprint density at radius 2 is 1.83 bits per heavy atom. The molecule has 1 aliphatic heterocycles. The molecule has 2 N–H and O–H groups in total. The van der Waals surface area contributed by atoms with E-state index < -0.39 is 24.4 Å². The monoisotopic (exact) mass is 661 g/mol. The number of nitrogens with zero attached hydrogens (tertiary/aromatic N) is 1. The highest BCUT2D eigenvalue weighted by molar-refractivity contribution is 14.1. The van der Waals surface area contributed by atoms with E-state index in [-0.39, 0.29) is 5.70 Å². The van der Waals surface area contributed by atoms with Crippen LogP contribution in [-0.4, -0.2) is 36.4 Å². The fourth-order valence-corrected chi connectivity index (χ4v) is 4.39. The number of rotatable bonds is 8. The molecule has 1 aliphatic rings. The van der Waals surface area contributed by atoms with Gasteiger partial charge in [0.25, 0.3) is 5.91 Å². The largest absolute Gasteiger partial charge is 0.495 e. The van der Waals surface area contributed by atoms with Gasteiger partial charge in [-0.1, -0.05) is 46.3 Å². The molecule has 0 radical (unpaired) electrons. The van der Waals surface area contributed by atoms with E-state index in [1.54, 1.807) is 36.4 Å². The minimum atomic E-state index is -0.662. The summed E-state index contributed by atoms with van der Waals surface area (Å²) in [6.07, 6.45) is 1.57.